The molecule has 1 aliphatic rings. The first-order valence-electron chi connectivity index (χ1n) is 12.1. The number of carbonyl (C=O) groups excluding carboxylic acids is 1. The minimum absolute atomic E-state index is 0.142. The zero-order chi connectivity index (χ0) is 23.6. The first-order valence-corrected chi connectivity index (χ1v) is 12.1. The zero-order valence-corrected chi connectivity index (χ0v) is 19.7. The predicted molar refractivity (Wildman–Crippen MR) is 124 cm³/mol. The van der Waals surface area contributed by atoms with Crippen LogP contribution in [0.15, 0.2) is 12.1 Å². The van der Waals surface area contributed by atoms with Crippen molar-refractivity contribution >= 4 is 12.4 Å². The number of aromatic hydroxyl groups is 2. The van der Waals surface area contributed by atoms with Gasteiger partial charge in [-0.2, -0.15) is 0 Å². The van der Waals surface area contributed by atoms with Crippen LogP contribution in [0.25, 0.3) is 0 Å². The number of hydrogen-bond acceptors (Lipinski definition) is 5. The van der Waals surface area contributed by atoms with Gasteiger partial charge in [0.25, 0.3) is 6.47 Å². The molecule has 1 aromatic carbocycles. The van der Waals surface area contributed by atoms with Crippen LogP contribution in [-0.2, 0) is 27.2 Å². The smallest absolute Gasteiger partial charge is 0.309 e. The molecule has 1 aromatic rings. The summed E-state index contributed by atoms with van der Waals surface area (Å²) in [6.07, 6.45) is 12.7. The molecule has 0 heterocycles. The van der Waals surface area contributed by atoms with Crippen LogP contribution in [-0.4, -0.2) is 33.4 Å². The fourth-order valence-electron chi connectivity index (χ4n) is 4.24. The number of carboxylic acid groups (broad SMARTS) is 1. The molecular formula is C26H40O6. The molecule has 0 aliphatic heterocycles. The number of ether oxygens (including phenoxy) is 1. The van der Waals surface area contributed by atoms with Gasteiger partial charge in [0.1, 0.15) is 17.1 Å². The molecule has 1 aliphatic carbocycles. The summed E-state index contributed by atoms with van der Waals surface area (Å²) in [6.45, 7) is 4.07. The Morgan fingerprint density at radius 3 is 2.25 bits per heavy atom. The quantitative estimate of drug-likeness (QED) is 0.202. The van der Waals surface area contributed by atoms with Crippen LogP contribution in [0.2, 0.25) is 0 Å². The summed E-state index contributed by atoms with van der Waals surface area (Å²) in [5.74, 6) is -0.403. The van der Waals surface area contributed by atoms with E-state index >= 15 is 0 Å². The minimum atomic E-state index is -0.761. The Hall–Kier alpha value is -2.24. The molecule has 0 aromatic heterocycles. The number of aryl methyl sites for hydroxylation is 1. The van der Waals surface area contributed by atoms with Gasteiger partial charge in [-0.3, -0.25) is 9.59 Å². The van der Waals surface area contributed by atoms with E-state index in [1.54, 1.807) is 26.0 Å². The molecular weight excluding hydrogens is 408 g/mol. The second-order valence-corrected chi connectivity index (χ2v) is 9.99. The maximum Gasteiger partial charge on any atom is 0.309 e. The first kappa shape index (κ1) is 26.0. The molecule has 0 unspecified atom stereocenters. The van der Waals surface area contributed by atoms with Crippen LogP contribution >= 0.6 is 0 Å². The minimum Gasteiger partial charge on any atom is -0.508 e. The van der Waals surface area contributed by atoms with E-state index in [2.05, 4.69) is 0 Å². The van der Waals surface area contributed by atoms with Gasteiger partial charge in [-0.25, -0.2) is 0 Å². The molecule has 6 heteroatoms. The third kappa shape index (κ3) is 8.03. The fourth-order valence-corrected chi connectivity index (χ4v) is 4.24. The number of rotatable bonds is 17. The maximum absolute atomic E-state index is 11.2. The molecule has 3 N–H and O–H groups in total. The summed E-state index contributed by atoms with van der Waals surface area (Å²) in [5.41, 5.74) is 0.644. The molecule has 32 heavy (non-hydrogen) atoms. The van der Waals surface area contributed by atoms with Crippen molar-refractivity contribution in [1.29, 1.82) is 0 Å². The van der Waals surface area contributed by atoms with E-state index in [9.17, 15) is 19.8 Å². The Bertz CT molecular complexity index is 751. The van der Waals surface area contributed by atoms with Crippen LogP contribution in [0.4, 0.5) is 0 Å². The van der Waals surface area contributed by atoms with Crippen LogP contribution in [0.1, 0.15) is 102 Å². The van der Waals surface area contributed by atoms with E-state index in [1.807, 2.05) is 0 Å². The largest absolute Gasteiger partial charge is 0.508 e. The number of carbonyl (C=O) groups is 2. The Labute approximate surface area is 192 Å². The SMILES string of the molecule is CC(C)(CCCCCCc1c(O)ccc(CCCCCCC2(OC=O)CC2)c1O)C(=O)O. The Morgan fingerprint density at radius 2 is 1.62 bits per heavy atom. The second-order valence-electron chi connectivity index (χ2n) is 9.99. The third-order valence-corrected chi connectivity index (χ3v) is 6.83. The molecule has 1 saturated carbocycles. The topological polar surface area (TPSA) is 104 Å². The highest BCUT2D eigenvalue weighted by molar-refractivity contribution is 5.73. The van der Waals surface area contributed by atoms with Crippen LogP contribution in [0, 0.1) is 5.41 Å². The van der Waals surface area contributed by atoms with Crippen LogP contribution in [0.5, 0.6) is 11.5 Å². The zero-order valence-electron chi connectivity index (χ0n) is 19.7. The van der Waals surface area contributed by atoms with Crippen molar-refractivity contribution in [2.45, 2.75) is 109 Å². The summed E-state index contributed by atoms with van der Waals surface area (Å²) >= 11 is 0. The van der Waals surface area contributed by atoms with E-state index in [1.165, 1.54) is 0 Å². The molecule has 0 saturated heterocycles. The van der Waals surface area contributed by atoms with E-state index in [0.29, 0.717) is 24.9 Å². The predicted octanol–water partition coefficient (Wildman–Crippen LogP) is 5.90. The molecule has 1 fully saturated rings. The van der Waals surface area contributed by atoms with Crippen molar-refractivity contribution in [2.24, 2.45) is 5.41 Å². The molecule has 0 bridgehead atoms. The molecule has 0 atom stereocenters. The number of aliphatic carboxylic acids is 1. The summed E-state index contributed by atoms with van der Waals surface area (Å²) in [7, 11) is 0. The van der Waals surface area contributed by atoms with E-state index in [-0.39, 0.29) is 17.1 Å². The van der Waals surface area contributed by atoms with Crippen molar-refractivity contribution in [2.75, 3.05) is 0 Å². The molecule has 180 valence electrons. The lowest BCUT2D eigenvalue weighted by Gasteiger charge is -2.18. The second kappa shape index (κ2) is 12.1. The van der Waals surface area contributed by atoms with E-state index < -0.39 is 11.4 Å². The molecule has 6 nitrogen and oxygen atoms in total. The van der Waals surface area contributed by atoms with Gasteiger partial charge in [-0.1, -0.05) is 38.2 Å². The highest BCUT2D eigenvalue weighted by atomic mass is 16.5. The van der Waals surface area contributed by atoms with Gasteiger partial charge < -0.3 is 20.1 Å². The lowest BCUT2D eigenvalue weighted by Crippen LogP contribution is -2.23. The Balaban J connectivity index is 1.67. The average Bonchev–Trinajstić information content (AvgIpc) is 3.50. The summed E-state index contributed by atoms with van der Waals surface area (Å²) < 4.78 is 5.17. The lowest BCUT2D eigenvalue weighted by atomic mass is 9.87. The number of phenols is 2. The number of unbranched alkanes of at least 4 members (excludes halogenated alkanes) is 6. The molecule has 0 radical (unpaired) electrons. The van der Waals surface area contributed by atoms with Crippen molar-refractivity contribution in [3.63, 3.8) is 0 Å². The van der Waals surface area contributed by atoms with E-state index in [4.69, 9.17) is 9.84 Å². The fraction of sp³-hybridized carbons (Fsp3) is 0.692. The molecule has 0 amide bonds. The highest BCUT2D eigenvalue weighted by Crippen LogP contribution is 2.43. The van der Waals surface area contributed by atoms with Gasteiger partial charge >= 0.3 is 5.97 Å². The number of benzene rings is 1. The van der Waals surface area contributed by atoms with Crippen molar-refractivity contribution in [1.82, 2.24) is 0 Å². The summed E-state index contributed by atoms with van der Waals surface area (Å²) in [6, 6.07) is 3.48. The number of hydrogen-bond donors (Lipinski definition) is 3. The van der Waals surface area contributed by atoms with Gasteiger partial charge in [0.05, 0.1) is 5.41 Å². The summed E-state index contributed by atoms with van der Waals surface area (Å²) in [4.78, 5) is 21.7. The lowest BCUT2D eigenvalue weighted by molar-refractivity contribution is -0.147. The highest BCUT2D eigenvalue weighted by Gasteiger charge is 2.44. The van der Waals surface area contributed by atoms with E-state index in [0.717, 1.165) is 82.6 Å². The van der Waals surface area contributed by atoms with Crippen molar-refractivity contribution < 1.29 is 29.6 Å². The van der Waals surface area contributed by atoms with Crippen LogP contribution in [0.3, 0.4) is 0 Å². The van der Waals surface area contributed by atoms with Gasteiger partial charge in [-0.15, -0.1) is 0 Å². The normalized spacial score (nSPS) is 14.8. The first-order chi connectivity index (χ1) is 15.2. The Kier molecular flexibility index (Phi) is 9.85. The van der Waals surface area contributed by atoms with Gasteiger partial charge in [0.15, 0.2) is 0 Å². The molecule has 0 spiro atoms. The monoisotopic (exact) mass is 448 g/mol. The number of phenolic OH excluding ortho intramolecular Hbond substituents is 2. The number of carboxylic acids is 1. The van der Waals surface area contributed by atoms with Crippen LogP contribution < -0.4 is 0 Å². The third-order valence-electron chi connectivity index (χ3n) is 6.83. The van der Waals surface area contributed by atoms with Gasteiger partial charge in [0.2, 0.25) is 0 Å². The Morgan fingerprint density at radius 1 is 1.00 bits per heavy atom. The average molecular weight is 449 g/mol. The van der Waals surface area contributed by atoms with Crippen molar-refractivity contribution in [3.05, 3.63) is 23.3 Å². The summed E-state index contributed by atoms with van der Waals surface area (Å²) in [5, 5.41) is 30.0. The standard InChI is InChI=1S/C26H40O6/c1-25(2,24(30)31)15-9-5-4-8-12-21-22(28)14-13-20(23(21)29)11-7-3-6-10-16-26(17-18-26)32-19-27/h13-14,19,28-29H,3-12,15-18H2,1-2H3,(H,30,31). The van der Waals surface area contributed by atoms with Crippen molar-refractivity contribution in [3.8, 4) is 11.5 Å². The van der Waals surface area contributed by atoms with Gasteiger partial charge in [0, 0.05) is 5.56 Å². The maximum atomic E-state index is 11.2. The molecule has 2 rings (SSSR count). The van der Waals surface area contributed by atoms with Gasteiger partial charge in [-0.05, 0) is 83.3 Å².